The van der Waals surface area contributed by atoms with Crippen LogP contribution in [0.15, 0.2) is 53.4 Å². The highest BCUT2D eigenvalue weighted by Crippen LogP contribution is 2.35. The van der Waals surface area contributed by atoms with Gasteiger partial charge in [-0.05, 0) is 44.2 Å². The molecule has 3 aromatic rings. The van der Waals surface area contributed by atoms with Crippen LogP contribution in [0, 0.1) is 13.8 Å². The van der Waals surface area contributed by atoms with E-state index in [-0.39, 0.29) is 28.0 Å². The number of piperazine rings is 1. The Balaban J connectivity index is 1.85. The Labute approximate surface area is 190 Å². The minimum atomic E-state index is -4.06. The third-order valence-electron chi connectivity index (χ3n) is 5.23. The van der Waals surface area contributed by atoms with Crippen molar-refractivity contribution in [3.05, 3.63) is 75.5 Å². The van der Waals surface area contributed by atoms with Gasteiger partial charge < -0.3 is 5.32 Å². The number of nitrogens with zero attached hydrogens (tertiary/aromatic N) is 3. The number of halogens is 2. The minimum Gasteiger partial charge on any atom is -0.353 e. The predicted molar refractivity (Wildman–Crippen MR) is 119 cm³/mol. The van der Waals surface area contributed by atoms with E-state index < -0.39 is 22.0 Å². The SMILES string of the molecule is Cc1nn(-c2ccccc2)c(C)c1[C@@H]1C(=O)NCCN1S(=O)(=O)c1cc(Cl)cc(Cl)c1. The number of aryl methyl sites for hydroxylation is 1. The lowest BCUT2D eigenvalue weighted by Crippen LogP contribution is -2.52. The lowest BCUT2D eigenvalue weighted by atomic mass is 10.0. The number of sulfonamides is 1. The average molecular weight is 479 g/mol. The second kappa shape index (κ2) is 8.27. The molecular formula is C21H20Cl2N4O3S. The minimum absolute atomic E-state index is 0.0598. The summed E-state index contributed by atoms with van der Waals surface area (Å²) in [7, 11) is -4.06. The molecule has 2 aromatic carbocycles. The number of benzene rings is 2. The van der Waals surface area contributed by atoms with Gasteiger partial charge in [0.15, 0.2) is 0 Å². The maximum absolute atomic E-state index is 13.5. The zero-order chi connectivity index (χ0) is 22.3. The smallest absolute Gasteiger partial charge is 0.244 e. The molecule has 0 radical (unpaired) electrons. The van der Waals surface area contributed by atoms with Crippen molar-refractivity contribution in [1.29, 1.82) is 0 Å². The number of amides is 1. The molecule has 1 aromatic heterocycles. The fraction of sp³-hybridized carbons (Fsp3) is 0.238. The predicted octanol–water partition coefficient (Wildman–Crippen LogP) is 3.66. The standard InChI is InChI=1S/C21H20Cl2N4O3S/c1-13-19(14(2)27(25-13)17-6-4-3-5-7-17)20-21(28)24-8-9-26(20)31(29,30)18-11-15(22)10-16(23)12-18/h3-7,10-12,20H,8-9H2,1-2H3,(H,24,28)/t20-/m1/s1. The van der Waals surface area contributed by atoms with Crippen LogP contribution in [0.3, 0.4) is 0 Å². The summed E-state index contributed by atoms with van der Waals surface area (Å²) in [6, 6.07) is 12.5. The molecule has 2 heterocycles. The lowest BCUT2D eigenvalue weighted by Gasteiger charge is -2.34. The third kappa shape index (κ3) is 3.96. The molecule has 1 N–H and O–H groups in total. The summed E-state index contributed by atoms with van der Waals surface area (Å²) in [5.41, 5.74) is 2.64. The molecule has 1 fully saturated rings. The fourth-order valence-corrected chi connectivity index (χ4v) is 6.15. The second-order valence-electron chi connectivity index (χ2n) is 7.25. The normalized spacial score (nSPS) is 17.5. The molecule has 4 rings (SSSR count). The van der Waals surface area contributed by atoms with Gasteiger partial charge in [0, 0.05) is 34.4 Å². The van der Waals surface area contributed by atoms with Crippen LogP contribution in [-0.4, -0.2) is 41.5 Å². The molecule has 0 saturated carbocycles. The fourth-order valence-electron chi connectivity index (χ4n) is 3.86. The molecule has 162 valence electrons. The summed E-state index contributed by atoms with van der Waals surface area (Å²) >= 11 is 12.1. The number of para-hydroxylation sites is 1. The number of carbonyl (C=O) groups excluding carboxylic acids is 1. The van der Waals surface area contributed by atoms with E-state index >= 15 is 0 Å². The van der Waals surface area contributed by atoms with E-state index in [4.69, 9.17) is 23.2 Å². The second-order valence-corrected chi connectivity index (χ2v) is 10.0. The molecule has 1 saturated heterocycles. The Kier molecular flexibility index (Phi) is 5.83. The van der Waals surface area contributed by atoms with Gasteiger partial charge in [0.05, 0.1) is 16.3 Å². The zero-order valence-electron chi connectivity index (χ0n) is 16.8. The van der Waals surface area contributed by atoms with Gasteiger partial charge >= 0.3 is 0 Å². The topological polar surface area (TPSA) is 84.3 Å². The largest absolute Gasteiger partial charge is 0.353 e. The number of hydrogen-bond donors (Lipinski definition) is 1. The van der Waals surface area contributed by atoms with Crippen molar-refractivity contribution in [2.45, 2.75) is 24.8 Å². The first kappa shape index (κ1) is 21.8. The van der Waals surface area contributed by atoms with Gasteiger partial charge in [-0.3, -0.25) is 4.79 Å². The molecule has 0 unspecified atom stereocenters. The van der Waals surface area contributed by atoms with Crippen molar-refractivity contribution in [3.8, 4) is 5.69 Å². The van der Waals surface area contributed by atoms with Crippen LogP contribution in [0.2, 0.25) is 10.0 Å². The summed E-state index contributed by atoms with van der Waals surface area (Å²) in [6.07, 6.45) is 0. The molecule has 0 bridgehead atoms. The van der Waals surface area contributed by atoms with Gasteiger partial charge in [-0.25, -0.2) is 13.1 Å². The first-order valence-corrected chi connectivity index (χ1v) is 11.8. The highest BCUT2D eigenvalue weighted by Gasteiger charge is 2.42. The van der Waals surface area contributed by atoms with E-state index in [9.17, 15) is 13.2 Å². The molecule has 1 aliphatic heterocycles. The van der Waals surface area contributed by atoms with E-state index in [1.54, 1.807) is 11.6 Å². The Hall–Kier alpha value is -2.39. The van der Waals surface area contributed by atoms with Crippen LogP contribution in [0.4, 0.5) is 0 Å². The van der Waals surface area contributed by atoms with Crippen molar-refractivity contribution < 1.29 is 13.2 Å². The van der Waals surface area contributed by atoms with Crippen molar-refractivity contribution in [1.82, 2.24) is 19.4 Å². The summed E-state index contributed by atoms with van der Waals surface area (Å²) in [6.45, 7) is 3.90. The number of carbonyl (C=O) groups is 1. The molecule has 7 nitrogen and oxygen atoms in total. The Morgan fingerprint density at radius 3 is 2.35 bits per heavy atom. The number of hydrogen-bond acceptors (Lipinski definition) is 4. The Bertz CT molecular complexity index is 1240. The molecule has 1 aliphatic rings. The van der Waals surface area contributed by atoms with Crippen molar-refractivity contribution in [3.63, 3.8) is 0 Å². The summed E-state index contributed by atoms with van der Waals surface area (Å²) in [5.74, 6) is -0.401. The molecule has 10 heteroatoms. The molecule has 31 heavy (non-hydrogen) atoms. The van der Waals surface area contributed by atoms with Gasteiger partial charge in [-0.1, -0.05) is 41.4 Å². The maximum atomic E-state index is 13.5. The van der Waals surface area contributed by atoms with Gasteiger partial charge in [0.25, 0.3) is 0 Å². The molecule has 1 amide bonds. The first-order chi connectivity index (χ1) is 14.7. The maximum Gasteiger partial charge on any atom is 0.244 e. The van der Waals surface area contributed by atoms with Gasteiger partial charge in [0.2, 0.25) is 15.9 Å². The van der Waals surface area contributed by atoms with Crippen LogP contribution in [-0.2, 0) is 14.8 Å². The summed E-state index contributed by atoms with van der Waals surface area (Å²) in [5, 5.41) is 7.76. The van der Waals surface area contributed by atoms with E-state index in [0.717, 1.165) is 5.69 Å². The van der Waals surface area contributed by atoms with Crippen molar-refractivity contribution in [2.75, 3.05) is 13.1 Å². The number of rotatable bonds is 4. The average Bonchev–Trinajstić information content (AvgIpc) is 3.02. The Morgan fingerprint density at radius 2 is 1.71 bits per heavy atom. The monoisotopic (exact) mass is 478 g/mol. The molecule has 0 spiro atoms. The van der Waals surface area contributed by atoms with Gasteiger partial charge in [-0.2, -0.15) is 9.40 Å². The van der Waals surface area contributed by atoms with Gasteiger partial charge in [-0.15, -0.1) is 0 Å². The van der Waals surface area contributed by atoms with E-state index in [0.29, 0.717) is 17.0 Å². The van der Waals surface area contributed by atoms with Crippen LogP contribution >= 0.6 is 23.2 Å². The van der Waals surface area contributed by atoms with E-state index in [1.165, 1.54) is 22.5 Å². The van der Waals surface area contributed by atoms with Crippen molar-refractivity contribution >= 4 is 39.1 Å². The zero-order valence-corrected chi connectivity index (χ0v) is 19.2. The quantitative estimate of drug-likeness (QED) is 0.619. The first-order valence-electron chi connectivity index (χ1n) is 9.57. The van der Waals surface area contributed by atoms with Crippen LogP contribution in [0.1, 0.15) is 23.0 Å². The lowest BCUT2D eigenvalue weighted by molar-refractivity contribution is -0.127. The molecule has 0 aliphatic carbocycles. The highest BCUT2D eigenvalue weighted by atomic mass is 35.5. The van der Waals surface area contributed by atoms with Crippen LogP contribution in [0.25, 0.3) is 5.69 Å². The molecule has 1 atom stereocenters. The molecular weight excluding hydrogens is 459 g/mol. The van der Waals surface area contributed by atoms with Crippen molar-refractivity contribution in [2.24, 2.45) is 0 Å². The highest BCUT2D eigenvalue weighted by molar-refractivity contribution is 7.89. The number of nitrogens with one attached hydrogen (secondary N) is 1. The van der Waals surface area contributed by atoms with E-state index in [2.05, 4.69) is 10.4 Å². The Morgan fingerprint density at radius 1 is 1.06 bits per heavy atom. The number of aromatic nitrogens is 2. The van der Waals surface area contributed by atoms with E-state index in [1.807, 2.05) is 37.3 Å². The summed E-state index contributed by atoms with van der Waals surface area (Å²) in [4.78, 5) is 12.9. The third-order valence-corrected chi connectivity index (χ3v) is 7.51. The van der Waals surface area contributed by atoms with Crippen LogP contribution < -0.4 is 5.32 Å². The summed E-state index contributed by atoms with van der Waals surface area (Å²) < 4.78 is 30.0. The van der Waals surface area contributed by atoms with Gasteiger partial charge in [0.1, 0.15) is 6.04 Å². The van der Waals surface area contributed by atoms with Crippen LogP contribution in [0.5, 0.6) is 0 Å².